The van der Waals surface area contributed by atoms with Gasteiger partial charge in [0, 0.05) is 17.4 Å². The Labute approximate surface area is 104 Å². The molecule has 5 nitrogen and oxygen atoms in total. The highest BCUT2D eigenvalue weighted by Gasteiger charge is 2.35. The van der Waals surface area contributed by atoms with Crippen molar-refractivity contribution in [1.29, 1.82) is 0 Å². The fourth-order valence-corrected chi connectivity index (χ4v) is 2.79. The van der Waals surface area contributed by atoms with Crippen LogP contribution in [0.5, 0.6) is 0 Å². The summed E-state index contributed by atoms with van der Waals surface area (Å²) in [5.41, 5.74) is 0.0266. The Kier molecular flexibility index (Phi) is 3.51. The molecule has 1 aliphatic rings. The first-order chi connectivity index (χ1) is 8.15. The summed E-state index contributed by atoms with van der Waals surface area (Å²) in [5, 5.41) is 13.7. The van der Waals surface area contributed by atoms with Crippen LogP contribution in [0.1, 0.15) is 19.3 Å². The van der Waals surface area contributed by atoms with Crippen molar-refractivity contribution in [3.63, 3.8) is 0 Å². The van der Waals surface area contributed by atoms with Gasteiger partial charge in [-0.3, -0.25) is 10.1 Å². The molecule has 0 amide bonds. The quantitative estimate of drug-likeness (QED) is 0.645. The Morgan fingerprint density at radius 2 is 2.35 bits per heavy atom. The van der Waals surface area contributed by atoms with E-state index in [9.17, 15) is 10.1 Å². The summed E-state index contributed by atoms with van der Waals surface area (Å²) in [6, 6.07) is 3.13. The van der Waals surface area contributed by atoms with Crippen molar-refractivity contribution in [3.8, 4) is 0 Å². The van der Waals surface area contributed by atoms with Crippen LogP contribution < -0.4 is 5.32 Å². The van der Waals surface area contributed by atoms with Crippen molar-refractivity contribution in [2.45, 2.75) is 24.0 Å². The lowest BCUT2D eigenvalue weighted by molar-refractivity contribution is -0.385. The van der Waals surface area contributed by atoms with E-state index in [4.69, 9.17) is 0 Å². The van der Waals surface area contributed by atoms with Gasteiger partial charge < -0.3 is 5.32 Å². The summed E-state index contributed by atoms with van der Waals surface area (Å²) in [6.45, 7) is 0.874. The van der Waals surface area contributed by atoms with E-state index in [0.717, 1.165) is 6.54 Å². The maximum Gasteiger partial charge on any atom is 0.287 e. The molecule has 0 spiro atoms. The molecule has 0 aliphatic heterocycles. The second-order valence-corrected chi connectivity index (χ2v) is 5.53. The van der Waals surface area contributed by atoms with Crippen LogP contribution in [0.3, 0.4) is 0 Å². The summed E-state index contributed by atoms with van der Waals surface area (Å²) in [4.78, 5) is 14.1. The number of nitro groups is 1. The molecular weight excluding hydrogens is 238 g/mol. The van der Waals surface area contributed by atoms with E-state index in [1.54, 1.807) is 6.07 Å². The molecule has 6 heteroatoms. The molecule has 0 aromatic carbocycles. The molecule has 0 radical (unpaired) electrons. The molecule has 0 saturated heterocycles. The molecule has 1 aromatic heterocycles. The molecule has 0 unspecified atom stereocenters. The predicted molar refractivity (Wildman–Crippen MR) is 69.5 cm³/mol. The van der Waals surface area contributed by atoms with Crippen LogP contribution in [-0.4, -0.2) is 27.5 Å². The Morgan fingerprint density at radius 1 is 1.59 bits per heavy atom. The van der Waals surface area contributed by atoms with Gasteiger partial charge >= 0.3 is 0 Å². The zero-order chi connectivity index (χ0) is 12.3. The van der Waals surface area contributed by atoms with Crippen LogP contribution in [0.25, 0.3) is 0 Å². The predicted octanol–water partition coefficient (Wildman–Crippen LogP) is 2.69. The summed E-state index contributed by atoms with van der Waals surface area (Å²) >= 11 is 1.89. The summed E-state index contributed by atoms with van der Waals surface area (Å²) in [5.74, 6) is 0.705. The van der Waals surface area contributed by atoms with E-state index in [1.165, 1.54) is 31.5 Å². The molecule has 0 bridgehead atoms. The van der Waals surface area contributed by atoms with Gasteiger partial charge in [-0.05, 0) is 25.2 Å². The maximum atomic E-state index is 10.5. The number of aromatic nitrogens is 1. The molecule has 0 atom stereocenters. The van der Waals surface area contributed by atoms with E-state index in [0.29, 0.717) is 10.6 Å². The van der Waals surface area contributed by atoms with Gasteiger partial charge in [-0.2, -0.15) is 11.8 Å². The third kappa shape index (κ3) is 2.69. The largest absolute Gasteiger partial charge is 0.369 e. The van der Waals surface area contributed by atoms with E-state index < -0.39 is 4.92 Å². The Hall–Kier alpha value is -1.30. The lowest BCUT2D eigenvalue weighted by Crippen LogP contribution is -2.40. The first kappa shape index (κ1) is 12.2. The highest BCUT2D eigenvalue weighted by molar-refractivity contribution is 8.00. The first-order valence-electron chi connectivity index (χ1n) is 5.55. The van der Waals surface area contributed by atoms with Crippen molar-refractivity contribution >= 4 is 23.3 Å². The summed E-state index contributed by atoms with van der Waals surface area (Å²) in [6.07, 6.45) is 7.16. The second-order valence-electron chi connectivity index (χ2n) is 4.25. The van der Waals surface area contributed by atoms with Crippen LogP contribution in [0.4, 0.5) is 11.5 Å². The Balaban J connectivity index is 1.93. The Bertz CT molecular complexity index is 398. The van der Waals surface area contributed by atoms with E-state index in [2.05, 4.69) is 16.6 Å². The van der Waals surface area contributed by atoms with Gasteiger partial charge in [-0.1, -0.05) is 6.42 Å². The highest BCUT2D eigenvalue weighted by atomic mass is 32.2. The number of nitrogens with one attached hydrogen (secondary N) is 1. The average Bonchev–Trinajstić information content (AvgIpc) is 2.29. The molecule has 1 N–H and O–H groups in total. The van der Waals surface area contributed by atoms with Crippen LogP contribution in [0.15, 0.2) is 18.3 Å². The van der Waals surface area contributed by atoms with Crippen molar-refractivity contribution in [1.82, 2.24) is 4.98 Å². The van der Waals surface area contributed by atoms with Gasteiger partial charge in [0.15, 0.2) is 0 Å². The molecule has 92 valence electrons. The minimum Gasteiger partial charge on any atom is -0.369 e. The molecule has 1 fully saturated rings. The van der Waals surface area contributed by atoms with Crippen molar-refractivity contribution in [2.24, 2.45) is 0 Å². The third-order valence-electron chi connectivity index (χ3n) is 3.25. The van der Waals surface area contributed by atoms with Crippen molar-refractivity contribution in [3.05, 3.63) is 28.4 Å². The molecule has 1 aromatic rings. The van der Waals surface area contributed by atoms with E-state index in [1.807, 2.05) is 11.8 Å². The Morgan fingerprint density at radius 3 is 2.76 bits per heavy atom. The molecule has 1 aliphatic carbocycles. The lowest BCUT2D eigenvalue weighted by atomic mass is 9.84. The molecule has 2 rings (SSSR count). The number of hydrogen-bond donors (Lipinski definition) is 1. The molecular formula is C11H15N3O2S. The number of thioether (sulfide) groups is 1. The van der Waals surface area contributed by atoms with Crippen LogP contribution in [0.2, 0.25) is 0 Å². The standard InChI is InChI=1S/C11H15N3O2S/c1-17-11(5-2-6-11)8-13-10-4-3-9(7-12-10)14(15)16/h3-4,7H,2,5-6,8H2,1H3,(H,12,13). The number of rotatable bonds is 5. The summed E-state index contributed by atoms with van der Waals surface area (Å²) < 4.78 is 0.337. The zero-order valence-corrected chi connectivity index (χ0v) is 10.5. The van der Waals surface area contributed by atoms with Crippen LogP contribution in [0, 0.1) is 10.1 Å². The topological polar surface area (TPSA) is 68.1 Å². The van der Waals surface area contributed by atoms with Crippen molar-refractivity contribution < 1.29 is 4.92 Å². The fraction of sp³-hybridized carbons (Fsp3) is 0.545. The number of pyridine rings is 1. The highest BCUT2D eigenvalue weighted by Crippen LogP contribution is 2.42. The lowest BCUT2D eigenvalue weighted by Gasteiger charge is -2.40. The smallest absolute Gasteiger partial charge is 0.287 e. The number of hydrogen-bond acceptors (Lipinski definition) is 5. The normalized spacial score (nSPS) is 17.2. The average molecular weight is 253 g/mol. The van der Waals surface area contributed by atoms with Gasteiger partial charge in [0.05, 0.1) is 4.92 Å². The minimum absolute atomic E-state index is 0.0266. The van der Waals surface area contributed by atoms with E-state index >= 15 is 0 Å². The van der Waals surface area contributed by atoms with Gasteiger partial charge in [0.1, 0.15) is 12.0 Å². The first-order valence-corrected chi connectivity index (χ1v) is 6.77. The van der Waals surface area contributed by atoms with Gasteiger partial charge in [0.2, 0.25) is 0 Å². The fourth-order valence-electron chi connectivity index (χ4n) is 1.87. The van der Waals surface area contributed by atoms with Crippen molar-refractivity contribution in [2.75, 3.05) is 18.1 Å². The maximum absolute atomic E-state index is 10.5. The zero-order valence-electron chi connectivity index (χ0n) is 9.68. The molecule has 1 saturated carbocycles. The number of nitrogens with zero attached hydrogens (tertiary/aromatic N) is 2. The minimum atomic E-state index is -0.438. The van der Waals surface area contributed by atoms with Crippen LogP contribution >= 0.6 is 11.8 Å². The molecule has 17 heavy (non-hydrogen) atoms. The third-order valence-corrected chi connectivity index (χ3v) is 4.67. The second kappa shape index (κ2) is 4.91. The SMILES string of the molecule is CSC1(CNc2ccc([N+](=O)[O-])cn2)CCC1. The van der Waals surface area contributed by atoms with Gasteiger partial charge in [0.25, 0.3) is 5.69 Å². The van der Waals surface area contributed by atoms with E-state index in [-0.39, 0.29) is 5.69 Å². The monoisotopic (exact) mass is 253 g/mol. The number of anilines is 1. The molecule has 1 heterocycles. The van der Waals surface area contributed by atoms with Gasteiger partial charge in [-0.25, -0.2) is 4.98 Å². The van der Waals surface area contributed by atoms with Crippen LogP contribution in [-0.2, 0) is 0 Å². The summed E-state index contributed by atoms with van der Waals surface area (Å²) in [7, 11) is 0. The van der Waals surface area contributed by atoms with Gasteiger partial charge in [-0.15, -0.1) is 0 Å².